The second-order valence-electron chi connectivity index (χ2n) is 9.43. The molecule has 1 saturated carbocycles. The van der Waals surface area contributed by atoms with E-state index in [2.05, 4.69) is 29.2 Å². The van der Waals surface area contributed by atoms with Crippen LogP contribution < -0.4 is 4.74 Å². The summed E-state index contributed by atoms with van der Waals surface area (Å²) in [6, 6.07) is 15.6. The van der Waals surface area contributed by atoms with Crippen molar-refractivity contribution in [3.8, 4) is 17.6 Å². The number of alkyl halides is 2. The largest absolute Gasteiger partial charge is 0.435 e. The van der Waals surface area contributed by atoms with Crippen LogP contribution in [0.25, 0.3) is 10.8 Å². The molecule has 35 heavy (non-hydrogen) atoms. The molecule has 0 aliphatic heterocycles. The first-order chi connectivity index (χ1) is 17.0. The number of fused-ring (bicyclic) bond motifs is 1. The van der Waals surface area contributed by atoms with Gasteiger partial charge in [-0.25, -0.2) is 4.39 Å². The minimum absolute atomic E-state index is 0.0643. The van der Waals surface area contributed by atoms with Gasteiger partial charge in [-0.15, -0.1) is 6.58 Å². The van der Waals surface area contributed by atoms with Gasteiger partial charge in [-0.3, -0.25) is 0 Å². The van der Waals surface area contributed by atoms with E-state index in [9.17, 15) is 8.78 Å². The summed E-state index contributed by atoms with van der Waals surface area (Å²) < 4.78 is 44.0. The van der Waals surface area contributed by atoms with E-state index in [1.54, 1.807) is 18.2 Å². The van der Waals surface area contributed by atoms with Crippen molar-refractivity contribution in [2.24, 2.45) is 11.8 Å². The van der Waals surface area contributed by atoms with Crippen LogP contribution in [-0.2, 0) is 6.42 Å². The summed E-state index contributed by atoms with van der Waals surface area (Å²) in [7, 11) is 0. The van der Waals surface area contributed by atoms with E-state index in [4.69, 9.17) is 0 Å². The highest BCUT2D eigenvalue weighted by atomic mass is 19.3. The lowest BCUT2D eigenvalue weighted by atomic mass is 9.78. The maximum absolute atomic E-state index is 15.1. The SMILES string of the molecule is C=CCCC1CCC(CCc2ccc3c(F)c(C#Cc4ccc(OC(F)F)cc4)ccc3c2)CC1. The molecule has 3 aromatic carbocycles. The van der Waals surface area contributed by atoms with Crippen molar-refractivity contribution < 1.29 is 17.9 Å². The molecule has 1 fully saturated rings. The van der Waals surface area contributed by atoms with Gasteiger partial charge in [0.25, 0.3) is 0 Å². The van der Waals surface area contributed by atoms with Crippen LogP contribution in [0.15, 0.2) is 67.3 Å². The Hall–Kier alpha value is -3.19. The van der Waals surface area contributed by atoms with E-state index in [0.29, 0.717) is 16.5 Å². The Bertz CT molecular complexity index is 1200. The first-order valence-electron chi connectivity index (χ1n) is 12.4. The van der Waals surface area contributed by atoms with E-state index in [-0.39, 0.29) is 11.6 Å². The average Bonchev–Trinajstić information content (AvgIpc) is 2.87. The van der Waals surface area contributed by atoms with E-state index >= 15 is 4.39 Å². The summed E-state index contributed by atoms with van der Waals surface area (Å²) in [6.45, 7) is 0.964. The van der Waals surface area contributed by atoms with Crippen molar-refractivity contribution in [1.82, 2.24) is 0 Å². The van der Waals surface area contributed by atoms with Gasteiger partial charge < -0.3 is 4.74 Å². The fourth-order valence-corrected chi connectivity index (χ4v) is 4.99. The molecule has 3 aromatic rings. The highest BCUT2D eigenvalue weighted by Gasteiger charge is 2.20. The molecule has 0 atom stereocenters. The maximum atomic E-state index is 15.1. The van der Waals surface area contributed by atoms with Crippen molar-refractivity contribution in [3.63, 3.8) is 0 Å². The van der Waals surface area contributed by atoms with Crippen LogP contribution >= 0.6 is 0 Å². The number of benzene rings is 3. The molecule has 0 amide bonds. The molecule has 0 aromatic heterocycles. The van der Waals surface area contributed by atoms with Crippen molar-refractivity contribution in [2.45, 2.75) is 58.0 Å². The van der Waals surface area contributed by atoms with Crippen LogP contribution in [0.4, 0.5) is 13.2 Å². The van der Waals surface area contributed by atoms with Crippen LogP contribution in [0.1, 0.15) is 61.6 Å². The quantitative estimate of drug-likeness (QED) is 0.233. The average molecular weight is 477 g/mol. The summed E-state index contributed by atoms with van der Waals surface area (Å²) in [5.74, 6) is 7.13. The number of allylic oxidation sites excluding steroid dienone is 1. The molecule has 0 radical (unpaired) electrons. The fourth-order valence-electron chi connectivity index (χ4n) is 4.99. The van der Waals surface area contributed by atoms with E-state index in [1.807, 2.05) is 24.3 Å². The molecule has 1 aliphatic rings. The molecule has 4 rings (SSSR count). The molecule has 0 spiro atoms. The Labute approximate surface area is 206 Å². The van der Waals surface area contributed by atoms with Gasteiger partial charge in [0.1, 0.15) is 11.6 Å². The number of halogens is 3. The van der Waals surface area contributed by atoms with Gasteiger partial charge in [-0.1, -0.05) is 67.9 Å². The normalized spacial score (nSPS) is 17.7. The second-order valence-corrected chi connectivity index (χ2v) is 9.43. The lowest BCUT2D eigenvalue weighted by Gasteiger charge is -2.28. The summed E-state index contributed by atoms with van der Waals surface area (Å²) in [5, 5.41) is 1.44. The Balaban J connectivity index is 1.37. The van der Waals surface area contributed by atoms with Gasteiger partial charge in [-0.2, -0.15) is 8.78 Å². The van der Waals surface area contributed by atoms with Gasteiger partial charge in [0, 0.05) is 10.9 Å². The smallest absolute Gasteiger partial charge is 0.387 e. The Morgan fingerprint density at radius 3 is 2.31 bits per heavy atom. The minimum Gasteiger partial charge on any atom is -0.435 e. The molecule has 1 nitrogen and oxygen atoms in total. The van der Waals surface area contributed by atoms with E-state index < -0.39 is 6.61 Å². The molecule has 0 unspecified atom stereocenters. The molecule has 182 valence electrons. The molecule has 0 N–H and O–H groups in total. The number of hydrogen-bond donors (Lipinski definition) is 0. The van der Waals surface area contributed by atoms with Gasteiger partial charge in [0.05, 0.1) is 5.56 Å². The van der Waals surface area contributed by atoms with E-state index in [1.165, 1.54) is 56.2 Å². The third-order valence-electron chi connectivity index (χ3n) is 7.03. The zero-order valence-corrected chi connectivity index (χ0v) is 19.9. The molecular formula is C31H31F3O. The first-order valence-corrected chi connectivity index (χ1v) is 12.4. The van der Waals surface area contributed by atoms with Gasteiger partial charge in [0.2, 0.25) is 0 Å². The molecule has 0 heterocycles. The van der Waals surface area contributed by atoms with Crippen molar-refractivity contribution in [3.05, 3.63) is 89.8 Å². The second kappa shape index (κ2) is 12.0. The standard InChI is InChI=1S/C31H31F3O/c1-2-3-4-22-5-7-23(8-6-22)9-10-25-14-20-29-27(21-25)17-16-26(30(29)32)15-11-24-12-18-28(19-13-24)35-31(33)34/h2,12-14,16-23,31H,1,3-10H2. The molecule has 0 saturated heterocycles. The summed E-state index contributed by atoms with van der Waals surface area (Å²) in [4.78, 5) is 0. The Morgan fingerprint density at radius 1 is 0.914 bits per heavy atom. The highest BCUT2D eigenvalue weighted by molar-refractivity contribution is 5.85. The predicted octanol–water partition coefficient (Wildman–Crippen LogP) is 8.69. The highest BCUT2D eigenvalue weighted by Crippen LogP contribution is 2.34. The number of hydrogen-bond acceptors (Lipinski definition) is 1. The number of aryl methyl sites for hydroxylation is 1. The molecular weight excluding hydrogens is 445 g/mol. The zero-order chi connectivity index (χ0) is 24.6. The monoisotopic (exact) mass is 476 g/mol. The maximum Gasteiger partial charge on any atom is 0.387 e. The molecule has 0 bridgehead atoms. The zero-order valence-electron chi connectivity index (χ0n) is 19.9. The number of ether oxygens (including phenoxy) is 1. The van der Waals surface area contributed by atoms with Crippen molar-refractivity contribution >= 4 is 10.8 Å². The van der Waals surface area contributed by atoms with Gasteiger partial charge in [0.15, 0.2) is 0 Å². The Kier molecular flexibility index (Phi) is 8.53. The summed E-state index contributed by atoms with van der Waals surface area (Å²) >= 11 is 0. The predicted molar refractivity (Wildman–Crippen MR) is 136 cm³/mol. The topological polar surface area (TPSA) is 9.23 Å². The van der Waals surface area contributed by atoms with Crippen molar-refractivity contribution in [2.75, 3.05) is 0 Å². The van der Waals surface area contributed by atoms with Gasteiger partial charge in [-0.05, 0) is 78.8 Å². The minimum atomic E-state index is -2.87. The lowest BCUT2D eigenvalue weighted by Crippen LogP contribution is -2.15. The van der Waals surface area contributed by atoms with Crippen LogP contribution in [0, 0.1) is 29.5 Å². The lowest BCUT2D eigenvalue weighted by molar-refractivity contribution is -0.0498. The van der Waals surface area contributed by atoms with E-state index in [0.717, 1.165) is 30.1 Å². The van der Waals surface area contributed by atoms with Crippen molar-refractivity contribution in [1.29, 1.82) is 0 Å². The summed E-state index contributed by atoms with van der Waals surface area (Å²) in [6.07, 6.45) is 11.9. The molecule has 1 aliphatic carbocycles. The molecule has 4 heteroatoms. The first kappa shape index (κ1) is 24.9. The summed E-state index contributed by atoms with van der Waals surface area (Å²) in [5.41, 5.74) is 2.15. The third-order valence-corrected chi connectivity index (χ3v) is 7.03. The van der Waals surface area contributed by atoms with Crippen LogP contribution in [0.3, 0.4) is 0 Å². The van der Waals surface area contributed by atoms with Crippen LogP contribution in [0.5, 0.6) is 5.75 Å². The van der Waals surface area contributed by atoms with Crippen LogP contribution in [0.2, 0.25) is 0 Å². The number of rotatable bonds is 8. The fraction of sp³-hybridized carbons (Fsp3) is 0.355. The third kappa shape index (κ3) is 6.92. The van der Waals surface area contributed by atoms with Crippen LogP contribution in [-0.4, -0.2) is 6.61 Å². The van der Waals surface area contributed by atoms with Gasteiger partial charge >= 0.3 is 6.61 Å². The Morgan fingerprint density at radius 2 is 1.63 bits per heavy atom.